The minimum Gasteiger partial charge on any atom is -0.382 e. The molecule has 0 aliphatic carbocycles. The molecule has 1 aromatic rings. The van der Waals surface area contributed by atoms with Gasteiger partial charge in [-0.2, -0.15) is 0 Å². The second-order valence-corrected chi connectivity index (χ2v) is 2.56. The van der Waals surface area contributed by atoms with E-state index in [0.29, 0.717) is 6.54 Å². The third-order valence-electron chi connectivity index (χ3n) is 1.63. The molecule has 13 heavy (non-hydrogen) atoms. The molecular formula is C9H11FN2O. The van der Waals surface area contributed by atoms with Crippen LogP contribution in [0, 0.1) is 5.82 Å². The fourth-order valence-electron chi connectivity index (χ4n) is 1.09. The van der Waals surface area contributed by atoms with E-state index in [1.54, 1.807) is 0 Å². The van der Waals surface area contributed by atoms with Gasteiger partial charge >= 0.3 is 0 Å². The highest BCUT2D eigenvalue weighted by atomic mass is 19.1. The Morgan fingerprint density at radius 3 is 2.85 bits per heavy atom. The monoisotopic (exact) mass is 182 g/mol. The van der Waals surface area contributed by atoms with Gasteiger partial charge in [-0.05, 0) is 19.1 Å². The Bertz CT molecular complexity index is 325. The van der Waals surface area contributed by atoms with Crippen LogP contribution in [0.25, 0.3) is 0 Å². The minimum absolute atomic E-state index is 0.178. The predicted octanol–water partition coefficient (Wildman–Crippen LogP) is 1.36. The van der Waals surface area contributed by atoms with Gasteiger partial charge in [0.1, 0.15) is 5.82 Å². The summed E-state index contributed by atoms with van der Waals surface area (Å²) >= 11 is 0. The molecule has 1 amide bonds. The number of halogens is 1. The highest BCUT2D eigenvalue weighted by Crippen LogP contribution is 2.18. The molecule has 70 valence electrons. The van der Waals surface area contributed by atoms with Crippen molar-refractivity contribution in [3.05, 3.63) is 29.6 Å². The number of carbonyl (C=O) groups excluding carboxylic acids is 1. The Labute approximate surface area is 75.7 Å². The molecule has 0 radical (unpaired) electrons. The summed E-state index contributed by atoms with van der Waals surface area (Å²) in [5.74, 6) is -1.09. The van der Waals surface area contributed by atoms with Crippen molar-refractivity contribution in [3.63, 3.8) is 0 Å². The Hall–Kier alpha value is -1.58. The van der Waals surface area contributed by atoms with Gasteiger partial charge in [-0.15, -0.1) is 0 Å². The fraction of sp³-hybridized carbons (Fsp3) is 0.222. The van der Waals surface area contributed by atoms with Gasteiger partial charge in [-0.25, -0.2) is 4.39 Å². The van der Waals surface area contributed by atoms with Gasteiger partial charge in [0.15, 0.2) is 0 Å². The van der Waals surface area contributed by atoms with E-state index >= 15 is 0 Å². The van der Waals surface area contributed by atoms with Crippen LogP contribution in [0.5, 0.6) is 0 Å². The maximum Gasteiger partial charge on any atom is 0.250 e. The lowest BCUT2D eigenvalue weighted by molar-refractivity contribution is 0.100. The number of anilines is 1. The second-order valence-electron chi connectivity index (χ2n) is 2.56. The van der Waals surface area contributed by atoms with Crippen LogP contribution in [-0.4, -0.2) is 12.5 Å². The Morgan fingerprint density at radius 2 is 2.31 bits per heavy atom. The summed E-state index contributed by atoms with van der Waals surface area (Å²) < 4.78 is 13.1. The summed E-state index contributed by atoms with van der Waals surface area (Å²) in [6, 6.07) is 4.23. The number of nitrogens with two attached hydrogens (primary N) is 1. The number of para-hydroxylation sites is 1. The molecule has 0 unspecified atom stereocenters. The molecule has 0 saturated heterocycles. The number of rotatable bonds is 3. The van der Waals surface area contributed by atoms with Crippen LogP contribution in [0.2, 0.25) is 0 Å². The van der Waals surface area contributed by atoms with Gasteiger partial charge in [-0.1, -0.05) is 6.07 Å². The van der Waals surface area contributed by atoms with E-state index in [-0.39, 0.29) is 11.3 Å². The zero-order valence-corrected chi connectivity index (χ0v) is 7.30. The first-order valence-electron chi connectivity index (χ1n) is 3.99. The first kappa shape index (κ1) is 9.51. The predicted molar refractivity (Wildman–Crippen MR) is 49.1 cm³/mol. The van der Waals surface area contributed by atoms with E-state index in [0.717, 1.165) is 0 Å². The molecule has 0 fully saturated rings. The second kappa shape index (κ2) is 3.89. The molecule has 3 nitrogen and oxygen atoms in total. The third-order valence-corrected chi connectivity index (χ3v) is 1.63. The van der Waals surface area contributed by atoms with Crippen molar-refractivity contribution in [1.29, 1.82) is 0 Å². The quantitative estimate of drug-likeness (QED) is 0.741. The first-order valence-corrected chi connectivity index (χ1v) is 3.99. The number of hydrogen-bond acceptors (Lipinski definition) is 2. The average Bonchev–Trinajstić information content (AvgIpc) is 2.08. The van der Waals surface area contributed by atoms with Gasteiger partial charge < -0.3 is 11.1 Å². The molecule has 0 atom stereocenters. The lowest BCUT2D eigenvalue weighted by Gasteiger charge is -2.08. The molecule has 0 aliphatic heterocycles. The SMILES string of the molecule is CCNc1c(F)cccc1C(N)=O. The summed E-state index contributed by atoms with van der Waals surface area (Å²) in [4.78, 5) is 10.9. The summed E-state index contributed by atoms with van der Waals surface area (Å²) in [6.07, 6.45) is 0. The molecule has 0 saturated carbocycles. The highest BCUT2D eigenvalue weighted by molar-refractivity contribution is 5.98. The van der Waals surface area contributed by atoms with Crippen LogP contribution >= 0.6 is 0 Å². The normalized spacial score (nSPS) is 9.69. The number of benzene rings is 1. The van der Waals surface area contributed by atoms with E-state index < -0.39 is 11.7 Å². The lowest BCUT2D eigenvalue weighted by atomic mass is 10.1. The molecule has 4 heteroatoms. The van der Waals surface area contributed by atoms with Gasteiger partial charge in [0.2, 0.25) is 0 Å². The molecule has 3 N–H and O–H groups in total. The van der Waals surface area contributed by atoms with Crippen molar-refractivity contribution in [2.45, 2.75) is 6.92 Å². The average molecular weight is 182 g/mol. The Morgan fingerprint density at radius 1 is 1.62 bits per heavy atom. The molecule has 0 aliphatic rings. The van der Waals surface area contributed by atoms with Crippen molar-refractivity contribution in [1.82, 2.24) is 0 Å². The largest absolute Gasteiger partial charge is 0.382 e. The number of hydrogen-bond donors (Lipinski definition) is 2. The van der Waals surface area contributed by atoms with E-state index in [1.165, 1.54) is 18.2 Å². The summed E-state index contributed by atoms with van der Waals surface area (Å²) in [7, 11) is 0. The third kappa shape index (κ3) is 1.96. The van der Waals surface area contributed by atoms with E-state index in [1.807, 2.05) is 6.92 Å². The van der Waals surface area contributed by atoms with Crippen LogP contribution in [0.4, 0.5) is 10.1 Å². The molecular weight excluding hydrogens is 171 g/mol. The standard InChI is InChI=1S/C9H11FN2O/c1-2-12-8-6(9(11)13)4-3-5-7(8)10/h3-5,12H,2H2,1H3,(H2,11,13). The van der Waals surface area contributed by atoms with Crippen molar-refractivity contribution in [3.8, 4) is 0 Å². The molecule has 0 bridgehead atoms. The first-order chi connectivity index (χ1) is 6.16. The van der Waals surface area contributed by atoms with Gasteiger partial charge in [0.05, 0.1) is 11.3 Å². The number of carbonyl (C=O) groups is 1. The summed E-state index contributed by atoms with van der Waals surface area (Å²) in [5.41, 5.74) is 5.43. The van der Waals surface area contributed by atoms with Crippen LogP contribution in [0.15, 0.2) is 18.2 Å². The fourth-order valence-corrected chi connectivity index (χ4v) is 1.09. The Balaban J connectivity index is 3.17. The lowest BCUT2D eigenvalue weighted by Crippen LogP contribution is -2.15. The van der Waals surface area contributed by atoms with Crippen molar-refractivity contribution in [2.75, 3.05) is 11.9 Å². The zero-order valence-electron chi connectivity index (χ0n) is 7.30. The molecule has 0 aromatic heterocycles. The maximum atomic E-state index is 13.1. The Kier molecular flexibility index (Phi) is 2.84. The van der Waals surface area contributed by atoms with Crippen LogP contribution in [-0.2, 0) is 0 Å². The molecule has 1 aromatic carbocycles. The smallest absolute Gasteiger partial charge is 0.250 e. The summed E-state index contributed by atoms with van der Waals surface area (Å²) in [5, 5.41) is 2.75. The maximum absolute atomic E-state index is 13.1. The van der Waals surface area contributed by atoms with Crippen molar-refractivity contribution >= 4 is 11.6 Å². The van der Waals surface area contributed by atoms with Crippen molar-refractivity contribution < 1.29 is 9.18 Å². The van der Waals surface area contributed by atoms with Gasteiger partial charge in [-0.3, -0.25) is 4.79 Å². The highest BCUT2D eigenvalue weighted by Gasteiger charge is 2.10. The van der Waals surface area contributed by atoms with Crippen LogP contribution < -0.4 is 11.1 Å². The zero-order chi connectivity index (χ0) is 9.84. The molecule has 0 heterocycles. The number of primary amides is 1. The van der Waals surface area contributed by atoms with Gasteiger partial charge in [0, 0.05) is 6.54 Å². The van der Waals surface area contributed by atoms with Gasteiger partial charge in [0.25, 0.3) is 5.91 Å². The summed E-state index contributed by atoms with van der Waals surface area (Å²) in [6.45, 7) is 2.36. The topological polar surface area (TPSA) is 55.1 Å². The van der Waals surface area contributed by atoms with Crippen molar-refractivity contribution in [2.24, 2.45) is 5.73 Å². The number of nitrogens with one attached hydrogen (secondary N) is 1. The molecule has 1 rings (SSSR count). The van der Waals surface area contributed by atoms with E-state index in [4.69, 9.17) is 5.73 Å². The minimum atomic E-state index is -0.629. The van der Waals surface area contributed by atoms with Crippen LogP contribution in [0.3, 0.4) is 0 Å². The van der Waals surface area contributed by atoms with E-state index in [9.17, 15) is 9.18 Å². The molecule has 0 spiro atoms. The van der Waals surface area contributed by atoms with Crippen LogP contribution in [0.1, 0.15) is 17.3 Å². The van der Waals surface area contributed by atoms with E-state index in [2.05, 4.69) is 5.32 Å². The number of amides is 1.